The molecule has 1 aromatic heterocycles. The molecule has 0 amide bonds. The van der Waals surface area contributed by atoms with E-state index in [0.29, 0.717) is 12.5 Å². The molecular formula is C15H19BrN4O. The van der Waals surface area contributed by atoms with Crippen LogP contribution in [-0.4, -0.2) is 23.6 Å². The number of rotatable bonds is 7. The summed E-state index contributed by atoms with van der Waals surface area (Å²) in [5.74, 6) is 2.25. The molecule has 2 rings (SSSR count). The summed E-state index contributed by atoms with van der Waals surface area (Å²) in [4.78, 5) is 8.69. The van der Waals surface area contributed by atoms with Gasteiger partial charge in [-0.05, 0) is 40.0 Å². The first-order valence-corrected chi connectivity index (χ1v) is 7.65. The van der Waals surface area contributed by atoms with Crippen LogP contribution in [0.1, 0.15) is 18.9 Å². The van der Waals surface area contributed by atoms with Crippen molar-refractivity contribution in [3.05, 3.63) is 40.5 Å². The number of nitrogens with zero attached hydrogens (tertiary/aromatic N) is 2. The lowest BCUT2D eigenvalue weighted by Crippen LogP contribution is -2.08. The van der Waals surface area contributed by atoms with Gasteiger partial charge in [0, 0.05) is 19.3 Å². The van der Waals surface area contributed by atoms with E-state index in [1.165, 1.54) is 0 Å². The van der Waals surface area contributed by atoms with Gasteiger partial charge in [0.2, 0.25) is 5.95 Å². The summed E-state index contributed by atoms with van der Waals surface area (Å²) in [7, 11) is 1.67. The molecule has 2 aromatic rings. The summed E-state index contributed by atoms with van der Waals surface area (Å²) in [6.45, 7) is 3.63. The number of ether oxygens (including phenoxy) is 1. The molecule has 0 saturated heterocycles. The minimum atomic E-state index is 0.633. The van der Waals surface area contributed by atoms with Crippen molar-refractivity contribution < 1.29 is 4.74 Å². The fourth-order valence-electron chi connectivity index (χ4n) is 1.78. The molecule has 6 heteroatoms. The molecule has 2 N–H and O–H groups in total. The molecule has 0 radical (unpaired) electrons. The maximum absolute atomic E-state index is 5.22. The van der Waals surface area contributed by atoms with E-state index in [-0.39, 0.29) is 0 Å². The highest BCUT2D eigenvalue weighted by atomic mass is 79.9. The number of nitrogens with one attached hydrogen (secondary N) is 2. The number of halogens is 1. The third-order valence-corrected chi connectivity index (χ3v) is 3.45. The lowest BCUT2D eigenvalue weighted by atomic mass is 10.2. The Morgan fingerprint density at radius 2 is 2.14 bits per heavy atom. The largest absolute Gasteiger partial charge is 0.497 e. The fourth-order valence-corrected chi connectivity index (χ4v) is 2.11. The van der Waals surface area contributed by atoms with Gasteiger partial charge in [-0.25, -0.2) is 4.98 Å². The molecule has 0 bridgehead atoms. The molecule has 0 saturated carbocycles. The van der Waals surface area contributed by atoms with Crippen LogP contribution < -0.4 is 15.4 Å². The Morgan fingerprint density at radius 3 is 2.90 bits per heavy atom. The van der Waals surface area contributed by atoms with E-state index in [9.17, 15) is 0 Å². The summed E-state index contributed by atoms with van der Waals surface area (Å²) < 4.78 is 6.06. The van der Waals surface area contributed by atoms with Crippen molar-refractivity contribution in [1.82, 2.24) is 9.97 Å². The van der Waals surface area contributed by atoms with Crippen LogP contribution in [-0.2, 0) is 6.54 Å². The molecule has 1 aromatic carbocycles. The molecule has 0 fully saturated rings. The minimum Gasteiger partial charge on any atom is -0.497 e. The molecule has 21 heavy (non-hydrogen) atoms. The van der Waals surface area contributed by atoms with E-state index in [2.05, 4.69) is 43.5 Å². The zero-order valence-electron chi connectivity index (χ0n) is 12.2. The van der Waals surface area contributed by atoms with Crippen molar-refractivity contribution in [3.63, 3.8) is 0 Å². The van der Waals surface area contributed by atoms with Crippen molar-refractivity contribution >= 4 is 27.7 Å². The van der Waals surface area contributed by atoms with Crippen molar-refractivity contribution in [2.24, 2.45) is 0 Å². The topological polar surface area (TPSA) is 59.1 Å². The molecule has 0 spiro atoms. The summed E-state index contributed by atoms with van der Waals surface area (Å²) in [6.07, 6.45) is 2.78. The number of hydrogen-bond acceptors (Lipinski definition) is 5. The van der Waals surface area contributed by atoms with Crippen LogP contribution in [0.5, 0.6) is 5.75 Å². The van der Waals surface area contributed by atoms with E-state index in [4.69, 9.17) is 4.74 Å². The van der Waals surface area contributed by atoms with Crippen LogP contribution in [0, 0.1) is 0 Å². The number of aromatic nitrogens is 2. The molecular weight excluding hydrogens is 332 g/mol. The Kier molecular flexibility index (Phi) is 5.80. The quantitative estimate of drug-likeness (QED) is 0.797. The highest BCUT2D eigenvalue weighted by Crippen LogP contribution is 2.21. The number of hydrogen-bond donors (Lipinski definition) is 2. The average molecular weight is 351 g/mol. The summed E-state index contributed by atoms with van der Waals surface area (Å²) in [5, 5.41) is 6.48. The van der Waals surface area contributed by atoms with Crippen molar-refractivity contribution in [1.29, 1.82) is 0 Å². The van der Waals surface area contributed by atoms with Gasteiger partial charge in [0.1, 0.15) is 11.6 Å². The summed E-state index contributed by atoms with van der Waals surface area (Å²) >= 11 is 3.46. The van der Waals surface area contributed by atoms with Gasteiger partial charge in [-0.3, -0.25) is 0 Å². The molecule has 5 nitrogen and oxygen atoms in total. The second kappa shape index (κ2) is 7.83. The lowest BCUT2D eigenvalue weighted by Gasteiger charge is -2.10. The van der Waals surface area contributed by atoms with E-state index in [1.54, 1.807) is 13.3 Å². The van der Waals surface area contributed by atoms with Crippen LogP contribution in [0.25, 0.3) is 0 Å². The smallest absolute Gasteiger partial charge is 0.224 e. The average Bonchev–Trinajstić information content (AvgIpc) is 2.53. The van der Waals surface area contributed by atoms with Crippen LogP contribution in [0.4, 0.5) is 11.8 Å². The second-order valence-electron chi connectivity index (χ2n) is 4.52. The van der Waals surface area contributed by atoms with Gasteiger partial charge in [-0.2, -0.15) is 4.98 Å². The van der Waals surface area contributed by atoms with Gasteiger partial charge in [-0.1, -0.05) is 19.1 Å². The normalized spacial score (nSPS) is 10.2. The highest BCUT2D eigenvalue weighted by molar-refractivity contribution is 9.10. The summed E-state index contributed by atoms with van der Waals surface area (Å²) in [6, 6.07) is 7.94. The van der Waals surface area contributed by atoms with Crippen molar-refractivity contribution in [2.45, 2.75) is 19.9 Å². The zero-order valence-corrected chi connectivity index (χ0v) is 13.8. The SMILES string of the molecule is CCCNc1ncc(Br)c(NCc2cccc(OC)c2)n1. The number of benzene rings is 1. The second-order valence-corrected chi connectivity index (χ2v) is 5.38. The first kappa shape index (κ1) is 15.6. The van der Waals surface area contributed by atoms with E-state index in [1.807, 2.05) is 24.3 Å². The van der Waals surface area contributed by atoms with E-state index in [0.717, 1.165) is 34.6 Å². The Morgan fingerprint density at radius 1 is 1.29 bits per heavy atom. The zero-order chi connectivity index (χ0) is 15.1. The predicted molar refractivity (Wildman–Crippen MR) is 88.8 cm³/mol. The number of methoxy groups -OCH3 is 1. The van der Waals surface area contributed by atoms with Gasteiger partial charge in [0.25, 0.3) is 0 Å². The van der Waals surface area contributed by atoms with Crippen LogP contribution in [0.2, 0.25) is 0 Å². The van der Waals surface area contributed by atoms with Crippen LogP contribution >= 0.6 is 15.9 Å². The molecule has 0 atom stereocenters. The third kappa shape index (κ3) is 4.60. The van der Waals surface area contributed by atoms with Gasteiger partial charge in [0.15, 0.2) is 0 Å². The molecule has 112 valence electrons. The van der Waals surface area contributed by atoms with Gasteiger partial charge >= 0.3 is 0 Å². The lowest BCUT2D eigenvalue weighted by molar-refractivity contribution is 0.414. The van der Waals surface area contributed by atoms with Gasteiger partial charge < -0.3 is 15.4 Å². The van der Waals surface area contributed by atoms with Crippen molar-refractivity contribution in [3.8, 4) is 5.75 Å². The first-order chi connectivity index (χ1) is 10.2. The Balaban J connectivity index is 2.04. The van der Waals surface area contributed by atoms with Crippen LogP contribution in [0.15, 0.2) is 34.9 Å². The van der Waals surface area contributed by atoms with Gasteiger partial charge in [0.05, 0.1) is 11.6 Å². The standard InChI is InChI=1S/C15H19BrN4O/c1-3-7-17-15-19-10-13(16)14(20-15)18-9-11-5-4-6-12(8-11)21-2/h4-6,8,10H,3,7,9H2,1-2H3,(H2,17,18,19,20). The third-order valence-electron chi connectivity index (χ3n) is 2.87. The van der Waals surface area contributed by atoms with Crippen molar-refractivity contribution in [2.75, 3.05) is 24.3 Å². The monoisotopic (exact) mass is 350 g/mol. The highest BCUT2D eigenvalue weighted by Gasteiger charge is 2.05. The maximum Gasteiger partial charge on any atom is 0.224 e. The fraction of sp³-hybridized carbons (Fsp3) is 0.333. The Hall–Kier alpha value is -1.82. The van der Waals surface area contributed by atoms with Crippen LogP contribution in [0.3, 0.4) is 0 Å². The molecule has 0 unspecified atom stereocenters. The molecule has 0 aliphatic rings. The predicted octanol–water partition coefficient (Wildman–Crippen LogP) is 3.68. The minimum absolute atomic E-state index is 0.633. The molecule has 1 heterocycles. The molecule has 0 aliphatic heterocycles. The maximum atomic E-state index is 5.22. The first-order valence-electron chi connectivity index (χ1n) is 6.86. The molecule has 0 aliphatic carbocycles. The van der Waals surface area contributed by atoms with E-state index < -0.39 is 0 Å². The summed E-state index contributed by atoms with van der Waals surface area (Å²) in [5.41, 5.74) is 1.13. The Bertz CT molecular complexity index is 592. The Labute approximate surface area is 133 Å². The van der Waals surface area contributed by atoms with E-state index >= 15 is 0 Å². The van der Waals surface area contributed by atoms with Gasteiger partial charge in [-0.15, -0.1) is 0 Å². The number of anilines is 2.